The number of carbonyl (C=O) groups is 3. The molecule has 3 aromatic carbocycles. The van der Waals surface area contributed by atoms with Crippen LogP contribution in [0.1, 0.15) is 24.4 Å². The van der Waals surface area contributed by atoms with E-state index in [1.807, 2.05) is 60.7 Å². The van der Waals surface area contributed by atoms with Crippen molar-refractivity contribution in [3.8, 4) is 0 Å². The van der Waals surface area contributed by atoms with Gasteiger partial charge in [-0.05, 0) is 42.7 Å². The van der Waals surface area contributed by atoms with Crippen LogP contribution in [0.2, 0.25) is 5.02 Å². The molecule has 0 radical (unpaired) electrons. The first-order valence-electron chi connectivity index (χ1n) is 15.2. The number of hydrogen-bond acceptors (Lipinski definition) is 5. The molecule has 0 saturated carbocycles. The molecule has 9 heteroatoms. The molecule has 3 fully saturated rings. The predicted octanol–water partition coefficient (Wildman–Crippen LogP) is 5.19. The van der Waals surface area contributed by atoms with Crippen molar-refractivity contribution in [1.82, 2.24) is 4.90 Å². The van der Waals surface area contributed by atoms with Crippen LogP contribution in [0.15, 0.2) is 110 Å². The summed E-state index contributed by atoms with van der Waals surface area (Å²) < 4.78 is 6.72. The van der Waals surface area contributed by atoms with Gasteiger partial charge >= 0.3 is 0 Å². The SMILES string of the molecule is C=CCN(C(=O)[C@@H]1[C@@H]2CCC3(O2)C(C(=O)N(CC=C)c2ccccc2Cl)N([C@H](CO)c2ccccc2)C(=O)[C@H]13)c1ccccc1. The molecular formula is C36H36ClN3O5. The molecule has 2 bridgehead atoms. The number of fused-ring (bicyclic) bond motifs is 1. The Kier molecular flexibility index (Phi) is 8.64. The molecule has 3 heterocycles. The lowest BCUT2D eigenvalue weighted by Crippen LogP contribution is -2.57. The minimum Gasteiger partial charge on any atom is -0.394 e. The Balaban J connectivity index is 1.48. The highest BCUT2D eigenvalue weighted by molar-refractivity contribution is 6.34. The summed E-state index contributed by atoms with van der Waals surface area (Å²) in [5.41, 5.74) is 0.546. The molecule has 2 unspecified atom stereocenters. The summed E-state index contributed by atoms with van der Waals surface area (Å²) in [7, 11) is 0. The van der Waals surface area contributed by atoms with Crippen LogP contribution < -0.4 is 9.80 Å². The predicted molar refractivity (Wildman–Crippen MR) is 174 cm³/mol. The van der Waals surface area contributed by atoms with Crippen molar-refractivity contribution < 1.29 is 24.2 Å². The standard InChI is InChI=1S/C36H36ClN3O5/c1-3-21-38(25-15-9-6-10-16-25)33(42)30-29-19-20-36(45-29)31(30)34(43)40(28(23-41)24-13-7-5-8-14-24)32(36)35(44)39(22-4-2)27-18-12-11-17-26(27)37/h3-18,28-32,41H,1-2,19-23H2/t28-,29+,30-,31+,32?,36?/m1/s1. The lowest BCUT2D eigenvalue weighted by Gasteiger charge is -2.39. The van der Waals surface area contributed by atoms with Gasteiger partial charge in [0, 0.05) is 18.8 Å². The van der Waals surface area contributed by atoms with Gasteiger partial charge in [0.05, 0.1) is 41.3 Å². The Bertz CT molecular complexity index is 1600. The van der Waals surface area contributed by atoms with Crippen molar-refractivity contribution in [2.24, 2.45) is 11.8 Å². The highest BCUT2D eigenvalue weighted by atomic mass is 35.5. The van der Waals surface area contributed by atoms with E-state index in [0.29, 0.717) is 34.8 Å². The Labute approximate surface area is 268 Å². The molecule has 6 atom stereocenters. The van der Waals surface area contributed by atoms with E-state index in [9.17, 15) is 19.5 Å². The van der Waals surface area contributed by atoms with E-state index < -0.39 is 48.1 Å². The Hall–Kier alpha value is -4.24. The van der Waals surface area contributed by atoms with Crippen molar-refractivity contribution in [3.05, 3.63) is 121 Å². The summed E-state index contributed by atoms with van der Waals surface area (Å²) >= 11 is 6.59. The summed E-state index contributed by atoms with van der Waals surface area (Å²) in [5.74, 6) is -2.80. The maximum absolute atomic E-state index is 14.9. The number of aliphatic hydroxyl groups is 1. The third kappa shape index (κ3) is 5.07. The van der Waals surface area contributed by atoms with E-state index in [1.165, 1.54) is 9.80 Å². The topological polar surface area (TPSA) is 90.4 Å². The van der Waals surface area contributed by atoms with Gasteiger partial charge in [-0.3, -0.25) is 14.4 Å². The van der Waals surface area contributed by atoms with Gasteiger partial charge < -0.3 is 24.5 Å². The normalized spacial score (nSPS) is 25.5. The van der Waals surface area contributed by atoms with Crippen molar-refractivity contribution in [2.45, 2.75) is 36.6 Å². The van der Waals surface area contributed by atoms with E-state index in [4.69, 9.17) is 16.3 Å². The maximum Gasteiger partial charge on any atom is 0.253 e. The molecule has 1 N–H and O–H groups in total. The molecule has 3 aliphatic heterocycles. The third-order valence-electron chi connectivity index (χ3n) is 9.32. The summed E-state index contributed by atoms with van der Waals surface area (Å²) in [6, 6.07) is 23.4. The van der Waals surface area contributed by atoms with Crippen molar-refractivity contribution in [1.29, 1.82) is 0 Å². The van der Waals surface area contributed by atoms with Gasteiger partial charge in [0.25, 0.3) is 5.91 Å². The van der Waals surface area contributed by atoms with Crippen LogP contribution >= 0.6 is 11.6 Å². The van der Waals surface area contributed by atoms with E-state index in [-0.39, 0.29) is 24.9 Å². The first kappa shape index (κ1) is 30.8. The minimum absolute atomic E-state index is 0.129. The number of hydrogen-bond donors (Lipinski definition) is 1. The first-order chi connectivity index (χ1) is 21.9. The average Bonchev–Trinajstić information content (AvgIpc) is 3.71. The molecule has 232 valence electrons. The number of aliphatic hydroxyl groups excluding tert-OH is 1. The van der Waals surface area contributed by atoms with Crippen LogP contribution in [0, 0.1) is 11.8 Å². The monoisotopic (exact) mass is 625 g/mol. The second-order valence-electron chi connectivity index (χ2n) is 11.7. The number of ether oxygens (including phenoxy) is 1. The van der Waals surface area contributed by atoms with Crippen LogP contribution in [0.5, 0.6) is 0 Å². The fourth-order valence-corrected chi connectivity index (χ4v) is 7.75. The molecule has 3 aliphatic rings. The molecule has 1 spiro atoms. The summed E-state index contributed by atoms with van der Waals surface area (Å²) in [6.45, 7) is 7.67. The van der Waals surface area contributed by atoms with Crippen LogP contribution in [0.4, 0.5) is 11.4 Å². The van der Waals surface area contributed by atoms with Crippen molar-refractivity contribution in [3.63, 3.8) is 0 Å². The number of halogens is 1. The number of rotatable bonds is 11. The average molecular weight is 626 g/mol. The number of benzene rings is 3. The van der Waals surface area contributed by atoms with Crippen LogP contribution in [0.25, 0.3) is 0 Å². The van der Waals surface area contributed by atoms with Gasteiger partial charge in [-0.25, -0.2) is 0 Å². The minimum atomic E-state index is -1.28. The lowest BCUT2D eigenvalue weighted by atomic mass is 9.70. The van der Waals surface area contributed by atoms with E-state index in [2.05, 4.69) is 13.2 Å². The zero-order valence-corrected chi connectivity index (χ0v) is 25.6. The lowest BCUT2D eigenvalue weighted by molar-refractivity contribution is -0.144. The molecular weight excluding hydrogens is 590 g/mol. The number of amides is 3. The molecule has 3 saturated heterocycles. The summed E-state index contributed by atoms with van der Waals surface area (Å²) in [6.07, 6.45) is 3.63. The molecule has 0 aliphatic carbocycles. The highest BCUT2D eigenvalue weighted by Crippen LogP contribution is 2.60. The number of carbonyl (C=O) groups excluding carboxylic acids is 3. The maximum atomic E-state index is 14.9. The Morgan fingerprint density at radius 2 is 1.58 bits per heavy atom. The smallest absolute Gasteiger partial charge is 0.253 e. The number of likely N-dealkylation sites (tertiary alicyclic amines) is 1. The first-order valence-corrected chi connectivity index (χ1v) is 15.6. The van der Waals surface area contributed by atoms with Crippen LogP contribution in [0.3, 0.4) is 0 Å². The van der Waals surface area contributed by atoms with Gasteiger partial charge in [-0.2, -0.15) is 0 Å². The number of para-hydroxylation sites is 2. The summed E-state index contributed by atoms with van der Waals surface area (Å²) in [5, 5.41) is 11.2. The Morgan fingerprint density at radius 3 is 2.22 bits per heavy atom. The van der Waals surface area contributed by atoms with Crippen molar-refractivity contribution >= 4 is 40.7 Å². The molecule has 45 heavy (non-hydrogen) atoms. The molecule has 3 amide bonds. The fourth-order valence-electron chi connectivity index (χ4n) is 7.51. The zero-order valence-electron chi connectivity index (χ0n) is 24.9. The van der Waals surface area contributed by atoms with Gasteiger partial charge in [0.1, 0.15) is 11.6 Å². The second-order valence-corrected chi connectivity index (χ2v) is 12.1. The molecule has 0 aromatic heterocycles. The van der Waals surface area contributed by atoms with Crippen LogP contribution in [-0.2, 0) is 19.1 Å². The van der Waals surface area contributed by atoms with Crippen molar-refractivity contribution in [2.75, 3.05) is 29.5 Å². The zero-order chi connectivity index (χ0) is 31.7. The molecule has 8 nitrogen and oxygen atoms in total. The van der Waals surface area contributed by atoms with E-state index in [1.54, 1.807) is 41.3 Å². The van der Waals surface area contributed by atoms with Gasteiger partial charge in [0.2, 0.25) is 11.8 Å². The molecule has 3 aromatic rings. The number of anilines is 2. The molecule has 6 rings (SSSR count). The number of nitrogens with zero attached hydrogens (tertiary/aromatic N) is 3. The van der Waals surface area contributed by atoms with E-state index in [0.717, 1.165) is 0 Å². The van der Waals surface area contributed by atoms with Gasteiger partial charge in [-0.15, -0.1) is 13.2 Å². The highest BCUT2D eigenvalue weighted by Gasteiger charge is 2.75. The third-order valence-corrected chi connectivity index (χ3v) is 9.64. The van der Waals surface area contributed by atoms with Gasteiger partial charge in [-0.1, -0.05) is 84.4 Å². The summed E-state index contributed by atoms with van der Waals surface area (Å²) in [4.78, 5) is 48.8. The van der Waals surface area contributed by atoms with E-state index >= 15 is 0 Å². The van der Waals surface area contributed by atoms with Gasteiger partial charge in [0.15, 0.2) is 0 Å². The Morgan fingerprint density at radius 1 is 0.956 bits per heavy atom. The largest absolute Gasteiger partial charge is 0.394 e. The quantitative estimate of drug-likeness (QED) is 0.297. The van der Waals surface area contributed by atoms with Crippen LogP contribution in [-0.4, -0.2) is 65.2 Å². The fraction of sp³-hybridized carbons (Fsp3) is 0.306. The second kappa shape index (κ2) is 12.6.